The van der Waals surface area contributed by atoms with Gasteiger partial charge in [-0.1, -0.05) is 35.8 Å². The summed E-state index contributed by atoms with van der Waals surface area (Å²) in [5, 5.41) is 3.44. The maximum absolute atomic E-state index is 4.43. The van der Waals surface area contributed by atoms with E-state index < -0.39 is 0 Å². The Hall–Kier alpha value is -1.13. The van der Waals surface area contributed by atoms with Crippen LogP contribution >= 0.6 is 15.9 Å². The van der Waals surface area contributed by atoms with Crippen LogP contribution in [-0.4, -0.2) is 16.1 Å². The smallest absolute Gasteiger partial charge is 0.113 e. The maximum atomic E-state index is 4.43. The van der Waals surface area contributed by atoms with Gasteiger partial charge >= 0.3 is 0 Å². The fourth-order valence-electron chi connectivity index (χ4n) is 2.41. The van der Waals surface area contributed by atoms with E-state index in [1.54, 1.807) is 0 Å². The molecule has 0 spiro atoms. The van der Waals surface area contributed by atoms with Gasteiger partial charge < -0.3 is 9.88 Å². The van der Waals surface area contributed by atoms with Crippen LogP contribution in [0.2, 0.25) is 0 Å². The van der Waals surface area contributed by atoms with Gasteiger partial charge in [-0.25, -0.2) is 4.98 Å². The van der Waals surface area contributed by atoms with Crippen molar-refractivity contribution in [2.24, 2.45) is 0 Å². The Balaban J connectivity index is 2.31. The number of nitrogens with one attached hydrogen (secondary N) is 1. The van der Waals surface area contributed by atoms with E-state index in [4.69, 9.17) is 0 Å². The minimum absolute atomic E-state index is 0.348. The highest BCUT2D eigenvalue weighted by Gasteiger charge is 2.10. The molecular formula is C16H22BrN3. The first-order chi connectivity index (χ1) is 9.67. The predicted molar refractivity (Wildman–Crippen MR) is 87.4 cm³/mol. The van der Waals surface area contributed by atoms with E-state index in [1.807, 2.05) is 12.4 Å². The van der Waals surface area contributed by atoms with Crippen molar-refractivity contribution in [3.63, 3.8) is 0 Å². The van der Waals surface area contributed by atoms with Gasteiger partial charge in [-0.15, -0.1) is 0 Å². The van der Waals surface area contributed by atoms with Gasteiger partial charge in [0.2, 0.25) is 0 Å². The molecule has 1 heterocycles. The van der Waals surface area contributed by atoms with Gasteiger partial charge in [0.1, 0.15) is 5.82 Å². The molecule has 1 unspecified atom stereocenters. The van der Waals surface area contributed by atoms with Crippen LogP contribution in [-0.2, 0) is 6.42 Å². The molecule has 1 aromatic carbocycles. The van der Waals surface area contributed by atoms with Crippen molar-refractivity contribution in [3.8, 4) is 5.69 Å². The number of halogens is 1. The molecule has 0 amide bonds. The van der Waals surface area contributed by atoms with Crippen LogP contribution in [0.4, 0.5) is 0 Å². The summed E-state index contributed by atoms with van der Waals surface area (Å²) in [6.07, 6.45) is 6.00. The van der Waals surface area contributed by atoms with Crippen molar-refractivity contribution in [3.05, 3.63) is 46.5 Å². The van der Waals surface area contributed by atoms with Crippen LogP contribution in [0, 0.1) is 0 Å². The molecule has 3 nitrogen and oxygen atoms in total. The van der Waals surface area contributed by atoms with Crippen LogP contribution < -0.4 is 5.32 Å². The molecular weight excluding hydrogens is 314 g/mol. The molecule has 4 heteroatoms. The third kappa shape index (κ3) is 3.30. The Morgan fingerprint density at radius 3 is 2.80 bits per heavy atom. The molecule has 2 aromatic rings. The third-order valence-corrected chi connectivity index (χ3v) is 4.12. The fraction of sp³-hybridized carbons (Fsp3) is 0.438. The maximum Gasteiger partial charge on any atom is 0.113 e. The van der Waals surface area contributed by atoms with Crippen molar-refractivity contribution < 1.29 is 0 Å². The van der Waals surface area contributed by atoms with Crippen molar-refractivity contribution in [2.45, 2.75) is 39.7 Å². The summed E-state index contributed by atoms with van der Waals surface area (Å²) in [5.41, 5.74) is 2.44. The summed E-state index contributed by atoms with van der Waals surface area (Å²) in [6.45, 7) is 7.46. The van der Waals surface area contributed by atoms with Gasteiger partial charge in [0.25, 0.3) is 0 Å². The molecule has 0 aliphatic rings. The van der Waals surface area contributed by atoms with E-state index in [0.717, 1.165) is 35.4 Å². The summed E-state index contributed by atoms with van der Waals surface area (Å²) >= 11 is 3.69. The molecule has 0 saturated heterocycles. The molecule has 1 N–H and O–H groups in total. The Morgan fingerprint density at radius 1 is 1.35 bits per heavy atom. The van der Waals surface area contributed by atoms with E-state index in [1.165, 1.54) is 5.56 Å². The van der Waals surface area contributed by atoms with E-state index in [9.17, 15) is 0 Å². The van der Waals surface area contributed by atoms with Gasteiger partial charge in [0.05, 0.1) is 0 Å². The van der Waals surface area contributed by atoms with Crippen LogP contribution in [0.1, 0.15) is 44.6 Å². The third-order valence-electron chi connectivity index (χ3n) is 3.43. The van der Waals surface area contributed by atoms with Crippen molar-refractivity contribution in [2.75, 3.05) is 6.54 Å². The van der Waals surface area contributed by atoms with Crippen LogP contribution in [0.15, 0.2) is 35.1 Å². The number of aromatic nitrogens is 2. The normalized spacial score (nSPS) is 12.6. The second-order valence-corrected chi connectivity index (χ2v) is 5.80. The molecule has 108 valence electrons. The number of rotatable bonds is 6. The number of imidazole rings is 1. The zero-order valence-corrected chi connectivity index (χ0v) is 13.9. The standard InChI is InChI=1S/C16H22BrN3/c1-4-6-16-19-9-10-20(16)13-7-8-14(15(17)11-13)12(3)18-5-2/h7-12,18H,4-6H2,1-3H3. The largest absolute Gasteiger partial charge is 0.310 e. The van der Waals surface area contributed by atoms with Gasteiger partial charge in [-0.05, 0) is 37.6 Å². The van der Waals surface area contributed by atoms with Gasteiger partial charge in [0.15, 0.2) is 0 Å². The molecule has 2 rings (SSSR count). The summed E-state index contributed by atoms with van der Waals surface area (Å²) in [6, 6.07) is 6.86. The number of nitrogens with zero attached hydrogens (tertiary/aromatic N) is 2. The average molecular weight is 336 g/mol. The number of hydrogen-bond donors (Lipinski definition) is 1. The first-order valence-corrected chi connectivity index (χ1v) is 8.02. The molecule has 1 atom stereocenters. The highest BCUT2D eigenvalue weighted by atomic mass is 79.9. The molecule has 0 radical (unpaired) electrons. The van der Waals surface area contributed by atoms with Crippen molar-refractivity contribution in [1.82, 2.24) is 14.9 Å². The lowest BCUT2D eigenvalue weighted by molar-refractivity contribution is 0.596. The summed E-state index contributed by atoms with van der Waals surface area (Å²) in [5.74, 6) is 1.12. The Morgan fingerprint density at radius 2 is 2.15 bits per heavy atom. The number of benzene rings is 1. The number of hydrogen-bond acceptors (Lipinski definition) is 2. The summed E-state index contributed by atoms with van der Waals surface area (Å²) in [4.78, 5) is 4.43. The highest BCUT2D eigenvalue weighted by molar-refractivity contribution is 9.10. The second-order valence-electron chi connectivity index (χ2n) is 4.95. The zero-order chi connectivity index (χ0) is 14.5. The molecule has 0 aliphatic carbocycles. The van der Waals surface area contributed by atoms with Crippen molar-refractivity contribution in [1.29, 1.82) is 0 Å². The monoisotopic (exact) mass is 335 g/mol. The van der Waals surface area contributed by atoms with Crippen LogP contribution in [0.25, 0.3) is 5.69 Å². The molecule has 1 aromatic heterocycles. The van der Waals surface area contributed by atoms with Gasteiger partial charge in [-0.3, -0.25) is 0 Å². The molecule has 0 saturated carbocycles. The molecule has 0 aliphatic heterocycles. The minimum atomic E-state index is 0.348. The van der Waals surface area contributed by atoms with E-state index in [-0.39, 0.29) is 0 Å². The zero-order valence-electron chi connectivity index (χ0n) is 12.4. The van der Waals surface area contributed by atoms with Gasteiger partial charge in [0, 0.05) is 35.0 Å². The molecule has 20 heavy (non-hydrogen) atoms. The van der Waals surface area contributed by atoms with Crippen LogP contribution in [0.5, 0.6) is 0 Å². The lowest BCUT2D eigenvalue weighted by Crippen LogP contribution is -2.18. The van der Waals surface area contributed by atoms with E-state index in [0.29, 0.717) is 6.04 Å². The van der Waals surface area contributed by atoms with Crippen LogP contribution in [0.3, 0.4) is 0 Å². The molecule has 0 bridgehead atoms. The summed E-state index contributed by atoms with van der Waals surface area (Å²) < 4.78 is 3.30. The lowest BCUT2D eigenvalue weighted by atomic mass is 10.1. The SMILES string of the molecule is CCCc1nccn1-c1ccc(C(C)NCC)c(Br)c1. The quantitative estimate of drug-likeness (QED) is 0.854. The Kier molecular flexibility index (Phi) is 5.38. The van der Waals surface area contributed by atoms with Crippen molar-refractivity contribution >= 4 is 15.9 Å². The fourth-order valence-corrected chi connectivity index (χ4v) is 3.12. The highest BCUT2D eigenvalue weighted by Crippen LogP contribution is 2.26. The van der Waals surface area contributed by atoms with Gasteiger partial charge in [-0.2, -0.15) is 0 Å². The number of aryl methyl sites for hydroxylation is 1. The predicted octanol–water partition coefficient (Wildman–Crippen LogP) is 4.26. The first kappa shape index (κ1) is 15.3. The Labute approximate surface area is 129 Å². The first-order valence-electron chi connectivity index (χ1n) is 7.22. The topological polar surface area (TPSA) is 29.9 Å². The average Bonchev–Trinajstić information content (AvgIpc) is 2.87. The second kappa shape index (κ2) is 7.04. The Bertz CT molecular complexity index is 563. The van der Waals surface area contributed by atoms with E-state index in [2.05, 4.69) is 69.8 Å². The van der Waals surface area contributed by atoms with E-state index >= 15 is 0 Å². The summed E-state index contributed by atoms with van der Waals surface area (Å²) in [7, 11) is 0. The minimum Gasteiger partial charge on any atom is -0.310 e. The molecule has 0 fully saturated rings. The lowest BCUT2D eigenvalue weighted by Gasteiger charge is -2.16.